The van der Waals surface area contributed by atoms with Gasteiger partial charge in [0, 0.05) is 0 Å². The van der Waals surface area contributed by atoms with E-state index in [-0.39, 0.29) is 6.04 Å². The van der Waals surface area contributed by atoms with Crippen LogP contribution in [0.5, 0.6) is 0 Å². The van der Waals surface area contributed by atoms with Gasteiger partial charge in [-0.1, -0.05) is 18.2 Å². The molecule has 1 heterocycles. The average Bonchev–Trinajstić information content (AvgIpc) is 2.59. The largest absolute Gasteiger partial charge is 0.321 e. The molecule has 0 amide bonds. The highest BCUT2D eigenvalue weighted by atomic mass is 15.1. The molecular formula is C10H10N3. The zero-order chi connectivity index (χ0) is 9.26. The van der Waals surface area contributed by atoms with Crippen LogP contribution in [-0.4, -0.2) is 6.04 Å². The Balaban J connectivity index is 2.46. The summed E-state index contributed by atoms with van der Waals surface area (Å²) in [6.07, 6.45) is 2.27. The second-order valence-electron chi connectivity index (χ2n) is 2.83. The monoisotopic (exact) mass is 172 g/mol. The number of nitrogens with zero attached hydrogens (tertiary/aromatic N) is 2. The molecule has 0 bridgehead atoms. The zero-order valence-corrected chi connectivity index (χ0v) is 7.14. The van der Waals surface area contributed by atoms with E-state index >= 15 is 0 Å². The summed E-state index contributed by atoms with van der Waals surface area (Å²) >= 11 is 0. The minimum absolute atomic E-state index is 0.271. The third-order valence-electron chi connectivity index (χ3n) is 1.90. The van der Waals surface area contributed by atoms with Crippen LogP contribution < -0.4 is 16.4 Å². The summed E-state index contributed by atoms with van der Waals surface area (Å²) in [4.78, 5) is 8.55. The topological polar surface area (TPSA) is 50.7 Å². The lowest BCUT2D eigenvalue weighted by Gasteiger charge is -2.05. The van der Waals surface area contributed by atoms with Crippen molar-refractivity contribution >= 4 is 0 Å². The molecule has 0 saturated heterocycles. The molecule has 3 nitrogen and oxygen atoms in total. The van der Waals surface area contributed by atoms with Crippen LogP contribution in [-0.2, 0) is 0 Å². The van der Waals surface area contributed by atoms with Crippen LogP contribution in [0.25, 0.3) is 0 Å². The van der Waals surface area contributed by atoms with Crippen molar-refractivity contribution in [3.8, 4) is 0 Å². The number of para-hydroxylation sites is 2. The number of benzene rings is 1. The van der Waals surface area contributed by atoms with Gasteiger partial charge in [0.2, 0.25) is 6.17 Å². The molecule has 65 valence electrons. The summed E-state index contributed by atoms with van der Waals surface area (Å²) < 4.78 is 0. The van der Waals surface area contributed by atoms with E-state index in [4.69, 9.17) is 5.73 Å². The van der Waals surface area contributed by atoms with Gasteiger partial charge in [-0.2, -0.15) is 0 Å². The summed E-state index contributed by atoms with van der Waals surface area (Å²) in [6.45, 7) is 3.60. The number of rotatable bonds is 2. The Kier molecular flexibility index (Phi) is 1.94. The zero-order valence-electron chi connectivity index (χ0n) is 7.14. The van der Waals surface area contributed by atoms with E-state index in [9.17, 15) is 0 Å². The van der Waals surface area contributed by atoms with Crippen LogP contribution in [0.15, 0.2) is 46.9 Å². The van der Waals surface area contributed by atoms with Gasteiger partial charge in [0.1, 0.15) is 0 Å². The Morgan fingerprint density at radius 2 is 1.77 bits per heavy atom. The van der Waals surface area contributed by atoms with Crippen LogP contribution in [0, 0.1) is 6.17 Å². The molecule has 3 heteroatoms. The quantitative estimate of drug-likeness (QED) is 0.624. The Morgan fingerprint density at radius 1 is 1.23 bits per heavy atom. The fourth-order valence-corrected chi connectivity index (χ4v) is 1.18. The second-order valence-corrected chi connectivity index (χ2v) is 2.83. The maximum absolute atomic E-state index is 5.72. The second kappa shape index (κ2) is 3.11. The summed E-state index contributed by atoms with van der Waals surface area (Å²) in [6, 6.07) is 7.43. The molecule has 0 fully saturated rings. The first-order valence-corrected chi connectivity index (χ1v) is 4.09. The van der Waals surface area contributed by atoms with Gasteiger partial charge >= 0.3 is 0 Å². The van der Waals surface area contributed by atoms with Gasteiger partial charge in [0.25, 0.3) is 0 Å². The lowest BCUT2D eigenvalue weighted by atomic mass is 10.2. The number of nitrogens with two attached hydrogens (primary N) is 1. The van der Waals surface area contributed by atoms with E-state index in [1.54, 1.807) is 6.08 Å². The summed E-state index contributed by atoms with van der Waals surface area (Å²) in [5, 5.41) is 1.77. The molecule has 1 aromatic rings. The third kappa shape index (κ3) is 1.38. The molecule has 1 unspecified atom stereocenters. The van der Waals surface area contributed by atoms with Gasteiger partial charge in [-0.15, -0.1) is 6.58 Å². The Bertz CT molecular complexity index is 401. The summed E-state index contributed by atoms with van der Waals surface area (Å²) in [5.74, 6) is 0. The van der Waals surface area contributed by atoms with Gasteiger partial charge in [-0.25, -0.2) is 9.98 Å². The standard InChI is InChI=1S/C10H10N3/c1-2-7(11)10-12-8-5-3-4-6-9(8)13-10/h2-7H,1,11H2. The highest BCUT2D eigenvalue weighted by Gasteiger charge is 2.16. The first-order chi connectivity index (χ1) is 6.31. The van der Waals surface area contributed by atoms with Crippen molar-refractivity contribution in [2.75, 3.05) is 0 Å². The normalized spacial score (nSPS) is 17.0. The molecule has 1 radical (unpaired) electrons. The van der Waals surface area contributed by atoms with Crippen molar-refractivity contribution in [1.29, 1.82) is 0 Å². The van der Waals surface area contributed by atoms with Crippen molar-refractivity contribution in [3.05, 3.63) is 53.8 Å². The van der Waals surface area contributed by atoms with Crippen LogP contribution >= 0.6 is 0 Å². The molecule has 2 rings (SSSR count). The maximum Gasteiger partial charge on any atom is 0.216 e. The maximum atomic E-state index is 5.72. The Hall–Kier alpha value is -1.48. The Labute approximate surface area is 76.3 Å². The fraction of sp³-hybridized carbons (Fsp3) is 0.100. The SMILES string of the molecule is C=CC(N)[C]1N=c2ccccc2=N1. The molecule has 1 aliphatic rings. The van der Waals surface area contributed by atoms with Crippen LogP contribution in [0.3, 0.4) is 0 Å². The average molecular weight is 172 g/mol. The first kappa shape index (κ1) is 8.13. The minimum atomic E-state index is -0.271. The molecule has 1 atom stereocenters. The van der Waals surface area contributed by atoms with Crippen LogP contribution in [0.2, 0.25) is 0 Å². The summed E-state index contributed by atoms with van der Waals surface area (Å²) in [5.41, 5.74) is 5.72. The van der Waals surface area contributed by atoms with E-state index in [0.717, 1.165) is 10.7 Å². The molecule has 0 aliphatic carbocycles. The van der Waals surface area contributed by atoms with E-state index in [2.05, 4.69) is 16.6 Å². The molecule has 1 aromatic carbocycles. The number of fused-ring (bicyclic) bond motifs is 1. The number of hydrogen-bond donors (Lipinski definition) is 1. The lowest BCUT2D eigenvalue weighted by Crippen LogP contribution is -2.22. The van der Waals surface area contributed by atoms with E-state index in [0.29, 0.717) is 6.17 Å². The van der Waals surface area contributed by atoms with Crippen LogP contribution in [0.4, 0.5) is 0 Å². The highest BCUT2D eigenvalue weighted by molar-refractivity contribution is 5.14. The minimum Gasteiger partial charge on any atom is -0.321 e. The molecule has 1 aliphatic heterocycles. The third-order valence-corrected chi connectivity index (χ3v) is 1.90. The lowest BCUT2D eigenvalue weighted by molar-refractivity contribution is 0.775. The van der Waals surface area contributed by atoms with E-state index < -0.39 is 0 Å². The Morgan fingerprint density at radius 3 is 2.23 bits per heavy atom. The van der Waals surface area contributed by atoms with Crippen molar-refractivity contribution in [1.82, 2.24) is 0 Å². The highest BCUT2D eigenvalue weighted by Crippen LogP contribution is 2.09. The molecular weight excluding hydrogens is 162 g/mol. The van der Waals surface area contributed by atoms with Gasteiger partial charge in [0.15, 0.2) is 0 Å². The predicted octanol–water partition coefficient (Wildman–Crippen LogP) is -0.0578. The molecule has 0 saturated carbocycles. The predicted molar refractivity (Wildman–Crippen MR) is 50.2 cm³/mol. The van der Waals surface area contributed by atoms with Crippen molar-refractivity contribution < 1.29 is 0 Å². The van der Waals surface area contributed by atoms with Crippen molar-refractivity contribution in [2.45, 2.75) is 6.04 Å². The fourth-order valence-electron chi connectivity index (χ4n) is 1.18. The molecule has 13 heavy (non-hydrogen) atoms. The molecule has 2 N–H and O–H groups in total. The van der Waals surface area contributed by atoms with Gasteiger partial charge in [-0.3, -0.25) is 0 Å². The van der Waals surface area contributed by atoms with Gasteiger partial charge < -0.3 is 5.73 Å². The van der Waals surface area contributed by atoms with Gasteiger partial charge in [-0.05, 0) is 12.1 Å². The molecule has 0 spiro atoms. The number of hydrogen-bond acceptors (Lipinski definition) is 3. The smallest absolute Gasteiger partial charge is 0.216 e. The summed E-state index contributed by atoms with van der Waals surface area (Å²) in [7, 11) is 0. The van der Waals surface area contributed by atoms with Crippen LogP contribution in [0.1, 0.15) is 0 Å². The van der Waals surface area contributed by atoms with E-state index in [1.165, 1.54) is 0 Å². The first-order valence-electron chi connectivity index (χ1n) is 4.09. The van der Waals surface area contributed by atoms with Gasteiger partial charge in [0.05, 0.1) is 16.8 Å². The van der Waals surface area contributed by atoms with E-state index in [1.807, 2.05) is 24.3 Å². The van der Waals surface area contributed by atoms with Crippen molar-refractivity contribution in [3.63, 3.8) is 0 Å². The molecule has 0 aromatic heterocycles. The van der Waals surface area contributed by atoms with Crippen molar-refractivity contribution in [2.24, 2.45) is 15.7 Å².